The molecule has 1 aliphatic rings. The normalized spacial score (nSPS) is 14.3. The fraction of sp³-hybridized carbons (Fsp3) is 0.217. The maximum atomic E-state index is 13.4. The van der Waals surface area contributed by atoms with Crippen molar-refractivity contribution in [1.29, 1.82) is 0 Å². The molecule has 32 heavy (non-hydrogen) atoms. The van der Waals surface area contributed by atoms with Crippen molar-refractivity contribution in [2.75, 3.05) is 5.75 Å². The van der Waals surface area contributed by atoms with Crippen molar-refractivity contribution in [2.24, 2.45) is 0 Å². The molecule has 0 bridgehead atoms. The van der Waals surface area contributed by atoms with Gasteiger partial charge in [0.25, 0.3) is 0 Å². The topological polar surface area (TPSA) is 72.7 Å². The smallest absolute Gasteiger partial charge is 0.231 e. The van der Waals surface area contributed by atoms with Crippen molar-refractivity contribution >= 4 is 29.0 Å². The minimum absolute atomic E-state index is 0.119. The van der Waals surface area contributed by atoms with Gasteiger partial charge in [0.05, 0.1) is 11.8 Å². The van der Waals surface area contributed by atoms with Gasteiger partial charge in [-0.1, -0.05) is 30.0 Å². The molecule has 3 aromatic heterocycles. The summed E-state index contributed by atoms with van der Waals surface area (Å²) in [5.41, 5.74) is 1.75. The second-order valence-electron chi connectivity index (χ2n) is 7.51. The zero-order chi connectivity index (χ0) is 21.9. The summed E-state index contributed by atoms with van der Waals surface area (Å²) in [6.07, 6.45) is 5.66. The maximum Gasteiger partial charge on any atom is 0.231 e. The van der Waals surface area contributed by atoms with Crippen LogP contribution in [-0.2, 0) is 4.79 Å². The summed E-state index contributed by atoms with van der Waals surface area (Å²) in [6.45, 7) is 0. The summed E-state index contributed by atoms with van der Waals surface area (Å²) in [6, 6.07) is 14.0. The molecular weight excluding hydrogens is 445 g/mol. The second-order valence-corrected chi connectivity index (χ2v) is 9.43. The number of halogens is 1. The van der Waals surface area contributed by atoms with E-state index in [0.717, 1.165) is 39.8 Å². The van der Waals surface area contributed by atoms with Crippen LogP contribution < -0.4 is 5.32 Å². The van der Waals surface area contributed by atoms with E-state index in [4.69, 9.17) is 0 Å². The Morgan fingerprint density at radius 3 is 2.72 bits per heavy atom. The minimum atomic E-state index is -0.323. The zero-order valence-electron chi connectivity index (χ0n) is 17.0. The second kappa shape index (κ2) is 9.22. The van der Waals surface area contributed by atoms with Gasteiger partial charge in [-0.15, -0.1) is 21.5 Å². The Morgan fingerprint density at radius 1 is 1.19 bits per heavy atom. The number of amides is 1. The average molecular weight is 466 g/mol. The molecule has 1 atom stereocenters. The number of aromatic nitrogens is 4. The molecule has 0 radical (unpaired) electrons. The molecule has 1 N–H and O–H groups in total. The lowest BCUT2D eigenvalue weighted by atomic mass is 10.1. The number of hydrogen-bond acceptors (Lipinski definition) is 6. The van der Waals surface area contributed by atoms with Gasteiger partial charge in [0.1, 0.15) is 5.82 Å². The molecule has 1 aliphatic carbocycles. The van der Waals surface area contributed by atoms with E-state index < -0.39 is 0 Å². The number of hydrogen-bond donors (Lipinski definition) is 1. The van der Waals surface area contributed by atoms with Crippen LogP contribution in [0.2, 0.25) is 0 Å². The molecule has 6 nitrogen and oxygen atoms in total. The van der Waals surface area contributed by atoms with E-state index in [9.17, 15) is 9.18 Å². The molecule has 1 aromatic carbocycles. The Balaban J connectivity index is 1.31. The van der Waals surface area contributed by atoms with Crippen molar-refractivity contribution in [3.63, 3.8) is 0 Å². The van der Waals surface area contributed by atoms with E-state index in [1.807, 2.05) is 29.6 Å². The first-order valence-corrected chi connectivity index (χ1v) is 12.1. The summed E-state index contributed by atoms with van der Waals surface area (Å²) < 4.78 is 15.5. The molecule has 0 saturated heterocycles. The van der Waals surface area contributed by atoms with Crippen molar-refractivity contribution in [3.8, 4) is 11.4 Å². The van der Waals surface area contributed by atoms with Gasteiger partial charge in [0, 0.05) is 28.9 Å². The lowest BCUT2D eigenvalue weighted by Crippen LogP contribution is -2.30. The van der Waals surface area contributed by atoms with E-state index in [-0.39, 0.29) is 23.5 Å². The van der Waals surface area contributed by atoms with Gasteiger partial charge in [-0.25, -0.2) is 4.39 Å². The molecule has 5 rings (SSSR count). The predicted octanol–water partition coefficient (Wildman–Crippen LogP) is 4.87. The molecule has 0 spiro atoms. The quantitative estimate of drug-likeness (QED) is 0.376. The Kier molecular flexibility index (Phi) is 6.00. The number of benzene rings is 1. The third-order valence-electron chi connectivity index (χ3n) is 5.17. The maximum absolute atomic E-state index is 13.4. The van der Waals surface area contributed by atoms with E-state index >= 15 is 0 Å². The molecule has 3 heterocycles. The van der Waals surface area contributed by atoms with Crippen LogP contribution in [-0.4, -0.2) is 31.4 Å². The molecule has 4 aromatic rings. The third-order valence-corrected chi connectivity index (χ3v) is 7.05. The molecule has 0 aliphatic heterocycles. The number of thioether (sulfide) groups is 1. The van der Waals surface area contributed by atoms with E-state index in [1.165, 1.54) is 23.9 Å². The van der Waals surface area contributed by atoms with Crippen LogP contribution in [0, 0.1) is 5.82 Å². The van der Waals surface area contributed by atoms with E-state index in [0.29, 0.717) is 6.04 Å². The Morgan fingerprint density at radius 2 is 2.03 bits per heavy atom. The molecule has 9 heteroatoms. The van der Waals surface area contributed by atoms with E-state index in [1.54, 1.807) is 35.9 Å². The summed E-state index contributed by atoms with van der Waals surface area (Å²) in [5.74, 6) is 0.572. The Labute approximate surface area is 192 Å². The monoisotopic (exact) mass is 465 g/mol. The fourth-order valence-corrected chi connectivity index (χ4v) is 5.11. The molecule has 162 valence electrons. The minimum Gasteiger partial charge on any atom is -0.344 e. The van der Waals surface area contributed by atoms with Gasteiger partial charge in [-0.05, 0) is 54.1 Å². The van der Waals surface area contributed by atoms with Crippen LogP contribution in [0.25, 0.3) is 11.4 Å². The van der Waals surface area contributed by atoms with Crippen LogP contribution in [0.15, 0.2) is 71.5 Å². The highest BCUT2D eigenvalue weighted by atomic mass is 32.2. The molecule has 1 saturated carbocycles. The summed E-state index contributed by atoms with van der Waals surface area (Å²) in [7, 11) is 0. The Hall–Kier alpha value is -3.04. The standard InChI is InChI=1S/C23H20FN5OS2/c24-17-7-5-15(6-8-17)21(19-4-2-12-31-19)26-20(30)14-32-23-28-27-22(29(23)18-9-10-18)16-3-1-11-25-13-16/h1-8,11-13,18,21H,9-10,14H2,(H,26,30). The van der Waals surface area contributed by atoms with Gasteiger partial charge in [-0.2, -0.15) is 0 Å². The van der Waals surface area contributed by atoms with Crippen molar-refractivity contribution < 1.29 is 9.18 Å². The lowest BCUT2D eigenvalue weighted by Gasteiger charge is -2.18. The highest BCUT2D eigenvalue weighted by Crippen LogP contribution is 2.41. The number of nitrogens with zero attached hydrogens (tertiary/aromatic N) is 4. The summed E-state index contributed by atoms with van der Waals surface area (Å²) >= 11 is 2.93. The van der Waals surface area contributed by atoms with Crippen LogP contribution in [0.3, 0.4) is 0 Å². The van der Waals surface area contributed by atoms with Crippen molar-refractivity contribution in [1.82, 2.24) is 25.1 Å². The third kappa shape index (κ3) is 4.58. The highest BCUT2D eigenvalue weighted by molar-refractivity contribution is 7.99. The van der Waals surface area contributed by atoms with Gasteiger partial charge >= 0.3 is 0 Å². The first-order chi connectivity index (χ1) is 15.7. The summed E-state index contributed by atoms with van der Waals surface area (Å²) in [5, 5.41) is 14.5. The van der Waals surface area contributed by atoms with Crippen LogP contribution in [0.4, 0.5) is 4.39 Å². The van der Waals surface area contributed by atoms with Gasteiger partial charge < -0.3 is 5.32 Å². The van der Waals surface area contributed by atoms with Gasteiger partial charge in [-0.3, -0.25) is 14.3 Å². The Bertz CT molecular complexity index is 1190. The number of nitrogens with one attached hydrogen (secondary N) is 1. The van der Waals surface area contributed by atoms with Crippen molar-refractivity contribution in [2.45, 2.75) is 30.1 Å². The average Bonchev–Trinajstić information content (AvgIpc) is 3.33. The molecular formula is C23H20FN5OS2. The number of rotatable bonds is 8. The largest absolute Gasteiger partial charge is 0.344 e. The molecule has 1 fully saturated rings. The number of carbonyl (C=O) groups is 1. The van der Waals surface area contributed by atoms with Gasteiger partial charge in [0.2, 0.25) is 5.91 Å². The predicted molar refractivity (Wildman–Crippen MR) is 123 cm³/mol. The highest BCUT2D eigenvalue weighted by Gasteiger charge is 2.30. The summed E-state index contributed by atoms with van der Waals surface area (Å²) in [4.78, 5) is 18.0. The SMILES string of the molecule is O=C(CSc1nnc(-c2cccnc2)n1C1CC1)NC(c1ccc(F)cc1)c1cccs1. The number of thiophene rings is 1. The first kappa shape index (κ1) is 20.8. The lowest BCUT2D eigenvalue weighted by molar-refractivity contribution is -0.119. The number of pyridine rings is 1. The number of carbonyl (C=O) groups excluding carboxylic acids is 1. The van der Waals surface area contributed by atoms with E-state index in [2.05, 4.69) is 25.1 Å². The first-order valence-electron chi connectivity index (χ1n) is 10.3. The fourth-order valence-electron chi connectivity index (χ4n) is 3.49. The molecule has 1 amide bonds. The zero-order valence-corrected chi connectivity index (χ0v) is 18.7. The van der Waals surface area contributed by atoms with Crippen molar-refractivity contribution in [3.05, 3.63) is 82.6 Å². The van der Waals surface area contributed by atoms with Crippen LogP contribution in [0.5, 0.6) is 0 Å². The van der Waals surface area contributed by atoms with Gasteiger partial charge in [0.15, 0.2) is 11.0 Å². The molecule has 1 unspecified atom stereocenters. The van der Waals surface area contributed by atoms with Crippen LogP contribution in [0.1, 0.15) is 35.4 Å². The van der Waals surface area contributed by atoms with Crippen LogP contribution >= 0.6 is 23.1 Å².